The smallest absolute Gasteiger partial charge is 0.414 e. The number of cyclic esters (lactones) is 1. The maximum Gasteiger partial charge on any atom is 0.414 e. The van der Waals surface area contributed by atoms with Gasteiger partial charge in [0.15, 0.2) is 0 Å². The summed E-state index contributed by atoms with van der Waals surface area (Å²) in [5, 5.41) is 8.59. The highest BCUT2D eigenvalue weighted by atomic mass is 19.1. The van der Waals surface area contributed by atoms with Crippen molar-refractivity contribution >= 4 is 23.4 Å². The third kappa shape index (κ3) is 3.50. The molecule has 1 atom stereocenters. The van der Waals surface area contributed by atoms with Gasteiger partial charge in [0.25, 0.3) is 0 Å². The molecule has 0 bridgehead atoms. The van der Waals surface area contributed by atoms with E-state index in [4.69, 9.17) is 10.00 Å². The number of nitriles is 1. The number of hydrogen-bond acceptors (Lipinski definition) is 5. The van der Waals surface area contributed by atoms with Gasteiger partial charge in [0.1, 0.15) is 18.3 Å². The number of carbonyl (C=O) groups excluding carboxylic acids is 2. The van der Waals surface area contributed by atoms with Crippen molar-refractivity contribution in [3.05, 3.63) is 24.0 Å². The second-order valence-corrected chi connectivity index (χ2v) is 6.14. The summed E-state index contributed by atoms with van der Waals surface area (Å²) < 4.78 is 19.6. The molecule has 2 heterocycles. The average molecular weight is 346 g/mol. The number of rotatable bonds is 3. The van der Waals surface area contributed by atoms with Crippen molar-refractivity contribution in [2.45, 2.75) is 19.4 Å². The number of nitrogens with zero attached hydrogens (tertiary/aromatic N) is 4. The lowest BCUT2D eigenvalue weighted by Crippen LogP contribution is -2.49. The molecule has 2 saturated heterocycles. The summed E-state index contributed by atoms with van der Waals surface area (Å²) in [5.74, 6) is -0.610. The fraction of sp³-hybridized carbons (Fsp3) is 0.471. The van der Waals surface area contributed by atoms with Gasteiger partial charge < -0.3 is 14.5 Å². The molecule has 0 aromatic heterocycles. The summed E-state index contributed by atoms with van der Waals surface area (Å²) >= 11 is 0. The molecule has 0 aliphatic carbocycles. The summed E-state index contributed by atoms with van der Waals surface area (Å²) in [5.41, 5.74) is 0.912. The van der Waals surface area contributed by atoms with E-state index in [1.807, 2.05) is 11.0 Å². The van der Waals surface area contributed by atoms with Crippen molar-refractivity contribution < 1.29 is 18.7 Å². The van der Waals surface area contributed by atoms with E-state index in [1.54, 1.807) is 24.0 Å². The Morgan fingerprint density at radius 2 is 2.08 bits per heavy atom. The maximum absolute atomic E-state index is 14.5. The van der Waals surface area contributed by atoms with Crippen LogP contribution in [0.3, 0.4) is 0 Å². The molecule has 2 amide bonds. The lowest BCUT2D eigenvalue weighted by atomic mass is 10.2. The fourth-order valence-electron chi connectivity index (χ4n) is 3.11. The Morgan fingerprint density at radius 3 is 2.64 bits per heavy atom. The van der Waals surface area contributed by atoms with Crippen LogP contribution in [0.4, 0.5) is 20.6 Å². The Kier molecular flexibility index (Phi) is 4.74. The van der Waals surface area contributed by atoms with Gasteiger partial charge in [-0.15, -0.1) is 0 Å². The van der Waals surface area contributed by atoms with E-state index in [1.165, 1.54) is 11.0 Å². The minimum Gasteiger partial charge on any atom is -0.444 e. The predicted molar refractivity (Wildman–Crippen MR) is 88.7 cm³/mol. The zero-order valence-electron chi connectivity index (χ0n) is 13.9. The standard InChI is InChI=1S/C17H19FN4O3/c1-12-11-22(17(24)25-12)13-2-3-15(14(18)10-13)20-6-8-21(9-7-20)16(23)4-5-19/h2-3,10,12H,4,6-9,11H2,1H3. The first-order valence-corrected chi connectivity index (χ1v) is 8.17. The molecule has 1 aromatic carbocycles. The van der Waals surface area contributed by atoms with E-state index in [9.17, 15) is 14.0 Å². The van der Waals surface area contributed by atoms with Crippen LogP contribution in [0.2, 0.25) is 0 Å². The number of ether oxygens (including phenoxy) is 1. The summed E-state index contributed by atoms with van der Waals surface area (Å²) in [6, 6.07) is 6.53. The van der Waals surface area contributed by atoms with Crippen LogP contribution in [-0.2, 0) is 9.53 Å². The highest BCUT2D eigenvalue weighted by molar-refractivity contribution is 5.90. The van der Waals surface area contributed by atoms with Crippen LogP contribution in [0.15, 0.2) is 18.2 Å². The Bertz CT molecular complexity index is 725. The minimum absolute atomic E-state index is 0.132. The van der Waals surface area contributed by atoms with E-state index in [0.717, 1.165) is 0 Å². The van der Waals surface area contributed by atoms with E-state index in [-0.39, 0.29) is 18.4 Å². The van der Waals surface area contributed by atoms with Crippen LogP contribution < -0.4 is 9.80 Å². The van der Waals surface area contributed by atoms with Crippen LogP contribution >= 0.6 is 0 Å². The highest BCUT2D eigenvalue weighted by Gasteiger charge is 2.30. The molecule has 0 N–H and O–H groups in total. The minimum atomic E-state index is -0.468. The van der Waals surface area contributed by atoms with Crippen LogP contribution in [0, 0.1) is 17.1 Å². The molecule has 132 valence electrons. The lowest BCUT2D eigenvalue weighted by molar-refractivity contribution is -0.130. The molecule has 0 saturated carbocycles. The SMILES string of the molecule is CC1CN(c2ccc(N3CCN(C(=O)CC#N)CC3)c(F)c2)C(=O)O1. The zero-order chi connectivity index (χ0) is 18.0. The van der Waals surface area contributed by atoms with Gasteiger partial charge in [-0.2, -0.15) is 5.26 Å². The Hall–Kier alpha value is -2.82. The Balaban J connectivity index is 1.67. The number of hydrogen-bond donors (Lipinski definition) is 0. The lowest BCUT2D eigenvalue weighted by Gasteiger charge is -2.36. The van der Waals surface area contributed by atoms with E-state index in [2.05, 4.69) is 0 Å². The average Bonchev–Trinajstić information content (AvgIpc) is 2.93. The summed E-state index contributed by atoms with van der Waals surface area (Å²) in [4.78, 5) is 28.4. The molecule has 1 unspecified atom stereocenters. The van der Waals surface area contributed by atoms with Gasteiger partial charge in [-0.3, -0.25) is 9.69 Å². The number of carbonyl (C=O) groups is 2. The van der Waals surface area contributed by atoms with Crippen LogP contribution in [-0.4, -0.2) is 55.7 Å². The first-order chi connectivity index (χ1) is 12.0. The number of amides is 2. The number of halogens is 1. The van der Waals surface area contributed by atoms with Crippen molar-refractivity contribution in [3.8, 4) is 6.07 Å². The number of anilines is 2. The predicted octanol–water partition coefficient (Wildman–Crippen LogP) is 1.73. The third-order valence-corrected chi connectivity index (χ3v) is 4.41. The molecule has 8 heteroatoms. The van der Waals surface area contributed by atoms with E-state index in [0.29, 0.717) is 44.1 Å². The number of piperazine rings is 1. The highest BCUT2D eigenvalue weighted by Crippen LogP contribution is 2.28. The second kappa shape index (κ2) is 6.97. The van der Waals surface area contributed by atoms with Gasteiger partial charge in [-0.05, 0) is 25.1 Å². The van der Waals surface area contributed by atoms with Gasteiger partial charge in [-0.25, -0.2) is 9.18 Å². The molecule has 3 rings (SSSR count). The summed E-state index contributed by atoms with van der Waals surface area (Å²) in [6.07, 6.45) is -0.813. The summed E-state index contributed by atoms with van der Waals surface area (Å²) in [6.45, 7) is 4.09. The zero-order valence-corrected chi connectivity index (χ0v) is 13.9. The molecule has 7 nitrogen and oxygen atoms in total. The number of benzene rings is 1. The van der Waals surface area contributed by atoms with Crippen LogP contribution in [0.5, 0.6) is 0 Å². The van der Waals surface area contributed by atoms with E-state index >= 15 is 0 Å². The molecular formula is C17H19FN4O3. The molecule has 0 spiro atoms. The van der Waals surface area contributed by atoms with Gasteiger partial charge >= 0.3 is 6.09 Å². The quantitative estimate of drug-likeness (QED) is 0.833. The normalized spacial score (nSPS) is 20.4. The topological polar surface area (TPSA) is 76.9 Å². The van der Waals surface area contributed by atoms with Crippen LogP contribution in [0.25, 0.3) is 0 Å². The van der Waals surface area contributed by atoms with Crippen molar-refractivity contribution in [2.75, 3.05) is 42.5 Å². The molecule has 2 fully saturated rings. The fourth-order valence-corrected chi connectivity index (χ4v) is 3.11. The van der Waals surface area contributed by atoms with Gasteiger partial charge in [-0.1, -0.05) is 0 Å². The molecule has 2 aliphatic rings. The maximum atomic E-state index is 14.5. The molecular weight excluding hydrogens is 327 g/mol. The first-order valence-electron chi connectivity index (χ1n) is 8.17. The second-order valence-electron chi connectivity index (χ2n) is 6.14. The van der Waals surface area contributed by atoms with E-state index < -0.39 is 11.9 Å². The third-order valence-electron chi connectivity index (χ3n) is 4.41. The monoisotopic (exact) mass is 346 g/mol. The molecule has 1 aromatic rings. The molecule has 0 radical (unpaired) electrons. The molecule has 25 heavy (non-hydrogen) atoms. The van der Waals surface area contributed by atoms with Crippen molar-refractivity contribution in [2.24, 2.45) is 0 Å². The van der Waals surface area contributed by atoms with Gasteiger partial charge in [0, 0.05) is 26.2 Å². The van der Waals surface area contributed by atoms with Crippen molar-refractivity contribution in [3.63, 3.8) is 0 Å². The van der Waals surface area contributed by atoms with Gasteiger partial charge in [0.05, 0.1) is 24.0 Å². The van der Waals surface area contributed by atoms with Crippen LogP contribution in [0.1, 0.15) is 13.3 Å². The van der Waals surface area contributed by atoms with Gasteiger partial charge in [0.2, 0.25) is 5.91 Å². The largest absolute Gasteiger partial charge is 0.444 e. The Morgan fingerprint density at radius 1 is 1.36 bits per heavy atom. The molecule has 2 aliphatic heterocycles. The summed E-state index contributed by atoms with van der Waals surface area (Å²) in [7, 11) is 0. The first kappa shape index (κ1) is 17.0. The van der Waals surface area contributed by atoms with Crippen molar-refractivity contribution in [1.82, 2.24) is 4.90 Å². The van der Waals surface area contributed by atoms with Crippen molar-refractivity contribution in [1.29, 1.82) is 5.26 Å². The Labute approximate surface area is 145 Å².